The topological polar surface area (TPSA) is 49.8 Å². The van der Waals surface area contributed by atoms with Crippen LogP contribution in [0.2, 0.25) is 0 Å². The highest BCUT2D eigenvalue weighted by molar-refractivity contribution is 5.65. The molecule has 2 N–H and O–H groups in total. The highest BCUT2D eigenvalue weighted by atomic mass is 19.1. The van der Waals surface area contributed by atoms with Gasteiger partial charge < -0.3 is 10.6 Å². The lowest BCUT2D eigenvalue weighted by molar-refractivity contribution is 0.586. The molecule has 0 aliphatic carbocycles. The Kier molecular flexibility index (Phi) is 4.61. The Morgan fingerprint density at radius 2 is 1.56 bits per heavy atom. The molecule has 2 aromatic carbocycles. The lowest BCUT2D eigenvalue weighted by atomic mass is 10.1. The summed E-state index contributed by atoms with van der Waals surface area (Å²) >= 11 is 0. The minimum absolute atomic E-state index is 0.150. The SMILES string of the molecule is Cc1cc(Nc2ccc(F)cc2F)nc(Nc2c(C)cccc2C)n1. The number of rotatable bonds is 4. The highest BCUT2D eigenvalue weighted by Gasteiger charge is 2.09. The predicted octanol–water partition coefficient (Wildman–Crippen LogP) is 5.17. The Balaban J connectivity index is 1.90. The molecule has 1 heterocycles. The van der Waals surface area contributed by atoms with E-state index < -0.39 is 11.6 Å². The molecule has 0 amide bonds. The van der Waals surface area contributed by atoms with Gasteiger partial charge in [0.2, 0.25) is 5.95 Å². The van der Waals surface area contributed by atoms with Gasteiger partial charge in [-0.25, -0.2) is 13.8 Å². The second-order valence-corrected chi connectivity index (χ2v) is 5.86. The van der Waals surface area contributed by atoms with Gasteiger partial charge in [0.25, 0.3) is 0 Å². The average Bonchev–Trinajstić information content (AvgIpc) is 2.53. The Morgan fingerprint density at radius 1 is 0.840 bits per heavy atom. The molecule has 6 heteroatoms. The van der Waals surface area contributed by atoms with Crippen molar-refractivity contribution in [2.75, 3.05) is 10.6 Å². The summed E-state index contributed by atoms with van der Waals surface area (Å²) in [5, 5.41) is 6.08. The molecule has 0 radical (unpaired) electrons. The van der Waals surface area contributed by atoms with Gasteiger partial charge in [0.05, 0.1) is 5.69 Å². The summed E-state index contributed by atoms with van der Waals surface area (Å²) < 4.78 is 26.9. The molecule has 1 aromatic heterocycles. The van der Waals surface area contributed by atoms with Crippen LogP contribution < -0.4 is 10.6 Å². The highest BCUT2D eigenvalue weighted by Crippen LogP contribution is 2.25. The summed E-state index contributed by atoms with van der Waals surface area (Å²) in [6.45, 7) is 5.82. The van der Waals surface area contributed by atoms with Gasteiger partial charge in [-0.2, -0.15) is 4.98 Å². The number of nitrogens with one attached hydrogen (secondary N) is 2. The van der Waals surface area contributed by atoms with Crippen molar-refractivity contribution in [1.82, 2.24) is 9.97 Å². The van der Waals surface area contributed by atoms with Crippen molar-refractivity contribution in [2.45, 2.75) is 20.8 Å². The first-order valence-corrected chi connectivity index (χ1v) is 7.83. The van der Waals surface area contributed by atoms with Gasteiger partial charge in [-0.15, -0.1) is 0 Å². The van der Waals surface area contributed by atoms with E-state index in [1.54, 1.807) is 6.07 Å². The van der Waals surface area contributed by atoms with E-state index in [9.17, 15) is 8.78 Å². The average molecular weight is 340 g/mol. The van der Waals surface area contributed by atoms with Crippen molar-refractivity contribution in [3.05, 3.63) is 70.9 Å². The van der Waals surface area contributed by atoms with E-state index >= 15 is 0 Å². The second-order valence-electron chi connectivity index (χ2n) is 5.86. The van der Waals surface area contributed by atoms with Gasteiger partial charge in [0.1, 0.15) is 17.5 Å². The summed E-state index contributed by atoms with van der Waals surface area (Å²) in [4.78, 5) is 8.75. The molecule has 128 valence electrons. The van der Waals surface area contributed by atoms with Crippen LogP contribution in [0.5, 0.6) is 0 Å². The minimum atomic E-state index is -0.680. The van der Waals surface area contributed by atoms with E-state index in [1.807, 2.05) is 39.0 Å². The maximum Gasteiger partial charge on any atom is 0.229 e. The van der Waals surface area contributed by atoms with Crippen LogP contribution in [0.4, 0.5) is 31.9 Å². The van der Waals surface area contributed by atoms with Gasteiger partial charge in [0, 0.05) is 23.5 Å². The van der Waals surface area contributed by atoms with Crippen LogP contribution in [-0.4, -0.2) is 9.97 Å². The third-order valence-corrected chi connectivity index (χ3v) is 3.77. The molecule has 0 bridgehead atoms. The first-order chi connectivity index (χ1) is 11.9. The zero-order chi connectivity index (χ0) is 18.0. The van der Waals surface area contributed by atoms with Gasteiger partial charge >= 0.3 is 0 Å². The molecule has 0 atom stereocenters. The van der Waals surface area contributed by atoms with Gasteiger partial charge in [-0.05, 0) is 44.0 Å². The fraction of sp³-hybridized carbons (Fsp3) is 0.158. The summed E-state index contributed by atoms with van der Waals surface area (Å²) in [5.41, 5.74) is 3.95. The minimum Gasteiger partial charge on any atom is -0.338 e. The molecule has 0 fully saturated rings. The maximum atomic E-state index is 13.8. The molecule has 0 spiro atoms. The van der Waals surface area contributed by atoms with Crippen LogP contribution >= 0.6 is 0 Å². The standard InChI is InChI=1S/C19H18F2N4/c1-11-5-4-6-12(2)18(11)25-19-22-13(3)9-17(24-19)23-16-8-7-14(20)10-15(16)21/h4-10H,1-3H3,(H2,22,23,24,25). The van der Waals surface area contributed by atoms with Crippen molar-refractivity contribution in [1.29, 1.82) is 0 Å². The number of para-hydroxylation sites is 1. The van der Waals surface area contributed by atoms with Crippen molar-refractivity contribution in [3.63, 3.8) is 0 Å². The smallest absolute Gasteiger partial charge is 0.229 e. The lowest BCUT2D eigenvalue weighted by Gasteiger charge is -2.13. The van der Waals surface area contributed by atoms with Crippen molar-refractivity contribution >= 4 is 23.1 Å². The lowest BCUT2D eigenvalue weighted by Crippen LogP contribution is -2.05. The number of aromatic nitrogens is 2. The molecule has 4 nitrogen and oxygen atoms in total. The van der Waals surface area contributed by atoms with Crippen LogP contribution in [0.3, 0.4) is 0 Å². The molecular weight excluding hydrogens is 322 g/mol. The van der Waals surface area contributed by atoms with E-state index in [4.69, 9.17) is 0 Å². The molecule has 0 unspecified atom stereocenters. The quantitative estimate of drug-likeness (QED) is 0.688. The van der Waals surface area contributed by atoms with Crippen LogP contribution in [0.1, 0.15) is 16.8 Å². The number of hydrogen-bond donors (Lipinski definition) is 2. The first-order valence-electron chi connectivity index (χ1n) is 7.83. The number of nitrogens with zero attached hydrogens (tertiary/aromatic N) is 2. The van der Waals surface area contributed by atoms with Crippen molar-refractivity contribution in [3.8, 4) is 0 Å². The normalized spacial score (nSPS) is 10.6. The van der Waals surface area contributed by atoms with Crippen molar-refractivity contribution < 1.29 is 8.78 Å². The molecule has 3 rings (SSSR count). The largest absolute Gasteiger partial charge is 0.338 e. The number of halogens is 2. The van der Waals surface area contributed by atoms with Gasteiger partial charge in [-0.3, -0.25) is 0 Å². The monoisotopic (exact) mass is 340 g/mol. The van der Waals surface area contributed by atoms with Crippen molar-refractivity contribution in [2.24, 2.45) is 0 Å². The van der Waals surface area contributed by atoms with E-state index in [0.29, 0.717) is 17.5 Å². The zero-order valence-electron chi connectivity index (χ0n) is 14.2. The molecule has 25 heavy (non-hydrogen) atoms. The third-order valence-electron chi connectivity index (χ3n) is 3.77. The Hall–Kier alpha value is -3.02. The molecule has 0 saturated carbocycles. The molecule has 0 saturated heterocycles. The first kappa shape index (κ1) is 16.8. The van der Waals surface area contributed by atoms with Crippen LogP contribution in [0.15, 0.2) is 42.5 Å². The van der Waals surface area contributed by atoms with Crippen LogP contribution in [0, 0.1) is 32.4 Å². The third kappa shape index (κ3) is 3.91. The Bertz CT molecular complexity index is 905. The van der Waals surface area contributed by atoms with Gasteiger partial charge in [0.15, 0.2) is 0 Å². The van der Waals surface area contributed by atoms with E-state index in [2.05, 4.69) is 20.6 Å². The fourth-order valence-electron chi connectivity index (χ4n) is 2.54. The van der Waals surface area contributed by atoms with Crippen LogP contribution in [-0.2, 0) is 0 Å². The number of anilines is 4. The molecular formula is C19H18F2N4. The number of benzene rings is 2. The van der Waals surface area contributed by atoms with Gasteiger partial charge in [-0.1, -0.05) is 18.2 Å². The van der Waals surface area contributed by atoms with E-state index in [-0.39, 0.29) is 5.69 Å². The molecule has 0 aliphatic rings. The number of aryl methyl sites for hydroxylation is 3. The summed E-state index contributed by atoms with van der Waals surface area (Å²) in [6.07, 6.45) is 0. The fourth-order valence-corrected chi connectivity index (χ4v) is 2.54. The van der Waals surface area contributed by atoms with E-state index in [0.717, 1.165) is 22.9 Å². The number of hydrogen-bond acceptors (Lipinski definition) is 4. The summed E-state index contributed by atoms with van der Waals surface area (Å²) in [6, 6.07) is 11.0. The van der Waals surface area contributed by atoms with Crippen LogP contribution in [0.25, 0.3) is 0 Å². The maximum absolute atomic E-state index is 13.8. The Labute approximate surface area is 145 Å². The predicted molar refractivity (Wildman–Crippen MR) is 95.6 cm³/mol. The second kappa shape index (κ2) is 6.84. The zero-order valence-corrected chi connectivity index (χ0v) is 14.2. The molecule has 0 aliphatic heterocycles. The van der Waals surface area contributed by atoms with E-state index in [1.165, 1.54) is 12.1 Å². The summed E-state index contributed by atoms with van der Waals surface area (Å²) in [5.74, 6) is -0.478. The Morgan fingerprint density at radius 3 is 2.24 bits per heavy atom. The molecule has 3 aromatic rings. The summed E-state index contributed by atoms with van der Waals surface area (Å²) in [7, 11) is 0.